The topological polar surface area (TPSA) is 59.0 Å². The number of aliphatic hydroxyl groups is 1. The Morgan fingerprint density at radius 2 is 2.15 bits per heavy atom. The molecule has 1 aliphatic rings. The van der Waals surface area contributed by atoms with Gasteiger partial charge in [0.2, 0.25) is 0 Å². The van der Waals surface area contributed by atoms with Gasteiger partial charge in [-0.05, 0) is 40.2 Å². The lowest BCUT2D eigenvalue weighted by atomic mass is 10.0. The molecule has 1 rings (SSSR count). The van der Waals surface area contributed by atoms with Gasteiger partial charge in [-0.25, -0.2) is 0 Å². The van der Waals surface area contributed by atoms with E-state index in [0.717, 1.165) is 38.9 Å². The SMILES string of the molecule is CCOC(=O)CCCCCN1CC(CO)OC(C)(C)C1. The van der Waals surface area contributed by atoms with Crippen molar-refractivity contribution in [2.75, 3.05) is 32.8 Å². The van der Waals surface area contributed by atoms with Crippen molar-refractivity contribution in [2.45, 2.75) is 58.2 Å². The zero-order valence-electron chi connectivity index (χ0n) is 13.1. The van der Waals surface area contributed by atoms with Crippen LogP contribution in [0.15, 0.2) is 0 Å². The van der Waals surface area contributed by atoms with Crippen LogP contribution in [0.2, 0.25) is 0 Å². The Hall–Kier alpha value is -0.650. The predicted molar refractivity (Wildman–Crippen MR) is 77.6 cm³/mol. The number of morpholine rings is 1. The minimum absolute atomic E-state index is 0.0722. The van der Waals surface area contributed by atoms with E-state index in [1.54, 1.807) is 0 Å². The summed E-state index contributed by atoms with van der Waals surface area (Å²) in [6.07, 6.45) is 3.41. The van der Waals surface area contributed by atoms with E-state index in [0.29, 0.717) is 13.0 Å². The van der Waals surface area contributed by atoms with Crippen LogP contribution in [0.3, 0.4) is 0 Å². The number of ether oxygens (including phenoxy) is 2. The van der Waals surface area contributed by atoms with Gasteiger partial charge in [0.15, 0.2) is 0 Å². The van der Waals surface area contributed by atoms with Crippen LogP contribution in [-0.4, -0.2) is 60.5 Å². The Labute approximate surface area is 122 Å². The van der Waals surface area contributed by atoms with Crippen molar-refractivity contribution in [1.29, 1.82) is 0 Å². The van der Waals surface area contributed by atoms with Crippen LogP contribution in [0.25, 0.3) is 0 Å². The molecule has 0 saturated carbocycles. The Kier molecular flexibility index (Phi) is 7.48. The highest BCUT2D eigenvalue weighted by Gasteiger charge is 2.32. The summed E-state index contributed by atoms with van der Waals surface area (Å²) >= 11 is 0. The van der Waals surface area contributed by atoms with Gasteiger partial charge in [0.25, 0.3) is 0 Å². The Morgan fingerprint density at radius 1 is 1.40 bits per heavy atom. The van der Waals surface area contributed by atoms with Gasteiger partial charge < -0.3 is 14.6 Å². The molecule has 1 heterocycles. The molecule has 0 spiro atoms. The molecule has 0 radical (unpaired) electrons. The molecule has 20 heavy (non-hydrogen) atoms. The quantitative estimate of drug-likeness (QED) is 0.542. The van der Waals surface area contributed by atoms with Gasteiger partial charge in [0.1, 0.15) is 0 Å². The summed E-state index contributed by atoms with van der Waals surface area (Å²) in [5.74, 6) is -0.0969. The molecule has 118 valence electrons. The molecule has 0 aromatic rings. The first-order valence-corrected chi connectivity index (χ1v) is 7.63. The Morgan fingerprint density at radius 3 is 2.80 bits per heavy atom. The zero-order chi connectivity index (χ0) is 15.0. The van der Waals surface area contributed by atoms with Crippen molar-refractivity contribution in [2.24, 2.45) is 0 Å². The van der Waals surface area contributed by atoms with E-state index >= 15 is 0 Å². The van der Waals surface area contributed by atoms with Crippen molar-refractivity contribution in [1.82, 2.24) is 4.90 Å². The first-order chi connectivity index (χ1) is 9.46. The fourth-order valence-electron chi connectivity index (χ4n) is 2.70. The summed E-state index contributed by atoms with van der Waals surface area (Å²) < 4.78 is 10.7. The van der Waals surface area contributed by atoms with E-state index in [2.05, 4.69) is 18.7 Å². The maximum absolute atomic E-state index is 11.2. The number of hydrogen-bond acceptors (Lipinski definition) is 5. The number of rotatable bonds is 8. The summed E-state index contributed by atoms with van der Waals surface area (Å²) in [5.41, 5.74) is -0.198. The van der Waals surface area contributed by atoms with Crippen LogP contribution in [0.4, 0.5) is 0 Å². The highest BCUT2D eigenvalue weighted by Crippen LogP contribution is 2.21. The summed E-state index contributed by atoms with van der Waals surface area (Å²) in [5, 5.41) is 9.26. The molecule has 0 amide bonds. The van der Waals surface area contributed by atoms with Crippen LogP contribution in [-0.2, 0) is 14.3 Å². The number of carbonyl (C=O) groups excluding carboxylic acids is 1. The van der Waals surface area contributed by atoms with Crippen LogP contribution in [0, 0.1) is 0 Å². The molecule has 1 N–H and O–H groups in total. The smallest absolute Gasteiger partial charge is 0.305 e. The second-order valence-corrected chi connectivity index (χ2v) is 6.03. The van der Waals surface area contributed by atoms with Crippen LogP contribution in [0.5, 0.6) is 0 Å². The van der Waals surface area contributed by atoms with Crippen molar-refractivity contribution in [3.63, 3.8) is 0 Å². The van der Waals surface area contributed by atoms with Gasteiger partial charge in [-0.3, -0.25) is 9.69 Å². The molecular weight excluding hydrogens is 258 g/mol. The van der Waals surface area contributed by atoms with Crippen molar-refractivity contribution in [3.8, 4) is 0 Å². The molecule has 1 unspecified atom stereocenters. The van der Waals surface area contributed by atoms with Gasteiger partial charge in [0, 0.05) is 19.5 Å². The van der Waals surface area contributed by atoms with E-state index < -0.39 is 0 Å². The van der Waals surface area contributed by atoms with E-state index in [9.17, 15) is 9.90 Å². The second kappa shape index (κ2) is 8.60. The molecule has 5 nitrogen and oxygen atoms in total. The van der Waals surface area contributed by atoms with Crippen LogP contribution < -0.4 is 0 Å². The van der Waals surface area contributed by atoms with Gasteiger partial charge >= 0.3 is 5.97 Å². The second-order valence-electron chi connectivity index (χ2n) is 6.03. The lowest BCUT2D eigenvalue weighted by Crippen LogP contribution is -2.53. The summed E-state index contributed by atoms with van der Waals surface area (Å²) in [7, 11) is 0. The van der Waals surface area contributed by atoms with Crippen LogP contribution in [0.1, 0.15) is 46.5 Å². The van der Waals surface area contributed by atoms with E-state index in [4.69, 9.17) is 9.47 Å². The van der Waals surface area contributed by atoms with Crippen molar-refractivity contribution >= 4 is 5.97 Å². The Balaban J connectivity index is 2.16. The average molecular weight is 287 g/mol. The van der Waals surface area contributed by atoms with E-state index in [-0.39, 0.29) is 24.3 Å². The summed E-state index contributed by atoms with van der Waals surface area (Å²) in [6.45, 7) is 9.15. The summed E-state index contributed by atoms with van der Waals surface area (Å²) in [6, 6.07) is 0. The molecule has 1 aliphatic heterocycles. The monoisotopic (exact) mass is 287 g/mol. The first-order valence-electron chi connectivity index (χ1n) is 7.63. The normalized spacial score (nSPS) is 22.7. The fraction of sp³-hybridized carbons (Fsp3) is 0.933. The number of hydrogen-bond donors (Lipinski definition) is 1. The molecule has 1 saturated heterocycles. The van der Waals surface area contributed by atoms with E-state index in [1.807, 2.05) is 6.92 Å². The minimum atomic E-state index is -0.198. The summed E-state index contributed by atoms with van der Waals surface area (Å²) in [4.78, 5) is 13.5. The highest BCUT2D eigenvalue weighted by atomic mass is 16.5. The van der Waals surface area contributed by atoms with Gasteiger partial charge in [-0.15, -0.1) is 0 Å². The third-order valence-corrected chi connectivity index (χ3v) is 3.42. The minimum Gasteiger partial charge on any atom is -0.466 e. The Bertz CT molecular complexity index is 294. The lowest BCUT2D eigenvalue weighted by molar-refractivity contribution is -0.148. The molecule has 1 fully saturated rings. The number of carbonyl (C=O) groups is 1. The highest BCUT2D eigenvalue weighted by molar-refractivity contribution is 5.69. The molecule has 0 aromatic heterocycles. The molecule has 0 aromatic carbocycles. The number of esters is 1. The average Bonchev–Trinajstić information content (AvgIpc) is 2.36. The third-order valence-electron chi connectivity index (χ3n) is 3.42. The molecule has 0 aliphatic carbocycles. The van der Waals surface area contributed by atoms with Gasteiger partial charge in [-0.1, -0.05) is 6.42 Å². The number of nitrogens with zero attached hydrogens (tertiary/aromatic N) is 1. The largest absolute Gasteiger partial charge is 0.466 e. The molecule has 5 heteroatoms. The molecular formula is C15H29NO4. The van der Waals surface area contributed by atoms with Crippen LogP contribution >= 0.6 is 0 Å². The zero-order valence-corrected chi connectivity index (χ0v) is 13.1. The standard InChI is InChI=1S/C15H29NO4/c1-4-19-14(18)8-6-5-7-9-16-10-13(11-17)20-15(2,3)12-16/h13,17H,4-12H2,1-3H3. The maximum atomic E-state index is 11.2. The van der Waals surface area contributed by atoms with Crippen molar-refractivity contribution < 1.29 is 19.4 Å². The van der Waals surface area contributed by atoms with Gasteiger partial charge in [-0.2, -0.15) is 0 Å². The van der Waals surface area contributed by atoms with Crippen molar-refractivity contribution in [3.05, 3.63) is 0 Å². The number of unbranched alkanes of at least 4 members (excludes halogenated alkanes) is 2. The fourth-order valence-corrected chi connectivity index (χ4v) is 2.70. The van der Waals surface area contributed by atoms with E-state index in [1.165, 1.54) is 0 Å². The molecule has 1 atom stereocenters. The molecule has 0 bridgehead atoms. The number of aliphatic hydroxyl groups excluding tert-OH is 1. The predicted octanol–water partition coefficient (Wildman–Crippen LogP) is 1.58. The lowest BCUT2D eigenvalue weighted by Gasteiger charge is -2.42. The maximum Gasteiger partial charge on any atom is 0.305 e. The third kappa shape index (κ3) is 6.68. The van der Waals surface area contributed by atoms with Gasteiger partial charge in [0.05, 0.1) is 24.9 Å². The first kappa shape index (κ1) is 17.4.